The molecule has 0 bridgehead atoms. The van der Waals surface area contributed by atoms with Gasteiger partial charge in [0, 0.05) is 22.7 Å². The van der Waals surface area contributed by atoms with E-state index in [1.54, 1.807) is 96.4 Å². The van der Waals surface area contributed by atoms with E-state index in [0.29, 0.717) is 10.6 Å². The van der Waals surface area contributed by atoms with E-state index in [2.05, 4.69) is 4.98 Å². The van der Waals surface area contributed by atoms with Gasteiger partial charge in [-0.1, -0.05) is 18.2 Å². The van der Waals surface area contributed by atoms with Gasteiger partial charge in [-0.3, -0.25) is 9.99 Å². The van der Waals surface area contributed by atoms with Crippen molar-refractivity contribution < 1.29 is 29.0 Å². The first-order chi connectivity index (χ1) is 17.7. The summed E-state index contributed by atoms with van der Waals surface area (Å²) in [6, 6.07) is 12.3. The SMILES string of the molecule is CSc1cccc(C(C(=O)O)N(c2ccc3cnccc3c2)N(C(=O)OC(C)(C)C)C(=O)OC(C)(C)C)c1. The molecule has 2 amide bonds. The van der Waals surface area contributed by atoms with Crippen molar-refractivity contribution in [1.29, 1.82) is 0 Å². The molecular weight excluding hydrogens is 506 g/mol. The molecule has 9 nitrogen and oxygen atoms in total. The monoisotopic (exact) mass is 539 g/mol. The third-order valence-electron chi connectivity index (χ3n) is 5.13. The number of hydrogen-bond donors (Lipinski definition) is 1. The van der Waals surface area contributed by atoms with Crippen LogP contribution in [0.1, 0.15) is 53.1 Å². The summed E-state index contributed by atoms with van der Waals surface area (Å²) in [5.41, 5.74) is -1.33. The van der Waals surface area contributed by atoms with E-state index in [4.69, 9.17) is 9.47 Å². The second-order valence-electron chi connectivity index (χ2n) is 10.5. The maximum Gasteiger partial charge on any atom is 0.439 e. The summed E-state index contributed by atoms with van der Waals surface area (Å²) in [4.78, 5) is 45.0. The van der Waals surface area contributed by atoms with E-state index in [-0.39, 0.29) is 5.69 Å². The van der Waals surface area contributed by atoms with Crippen LogP contribution in [-0.2, 0) is 14.3 Å². The predicted molar refractivity (Wildman–Crippen MR) is 147 cm³/mol. The molecule has 0 saturated heterocycles. The molecule has 1 atom stereocenters. The van der Waals surface area contributed by atoms with E-state index in [9.17, 15) is 19.5 Å². The number of carboxylic acids is 1. The van der Waals surface area contributed by atoms with Crippen LogP contribution < -0.4 is 5.01 Å². The van der Waals surface area contributed by atoms with Gasteiger partial charge in [0.15, 0.2) is 6.04 Å². The molecule has 0 fully saturated rings. The number of aliphatic carboxylic acids is 1. The van der Waals surface area contributed by atoms with Gasteiger partial charge in [0.25, 0.3) is 0 Å². The third-order valence-corrected chi connectivity index (χ3v) is 5.85. The Morgan fingerprint density at radius 3 is 2.08 bits per heavy atom. The van der Waals surface area contributed by atoms with Gasteiger partial charge < -0.3 is 14.6 Å². The number of aromatic nitrogens is 1. The van der Waals surface area contributed by atoms with Gasteiger partial charge in [-0.25, -0.2) is 14.4 Å². The number of nitrogens with zero attached hydrogens (tertiary/aromatic N) is 3. The van der Waals surface area contributed by atoms with Gasteiger partial charge in [0.05, 0.1) is 5.69 Å². The van der Waals surface area contributed by atoms with Crippen LogP contribution in [0.5, 0.6) is 0 Å². The zero-order valence-electron chi connectivity index (χ0n) is 22.6. The molecule has 0 spiro atoms. The number of carbonyl (C=O) groups is 3. The van der Waals surface area contributed by atoms with Crippen LogP contribution in [0.4, 0.5) is 15.3 Å². The fraction of sp³-hybridized carbons (Fsp3) is 0.357. The highest BCUT2D eigenvalue weighted by Gasteiger charge is 2.42. The van der Waals surface area contributed by atoms with Crippen LogP contribution in [0, 0.1) is 0 Å². The van der Waals surface area contributed by atoms with Gasteiger partial charge >= 0.3 is 18.2 Å². The molecule has 3 aromatic rings. The van der Waals surface area contributed by atoms with Crippen molar-refractivity contribution in [1.82, 2.24) is 9.99 Å². The molecule has 0 saturated carbocycles. The molecule has 10 heteroatoms. The van der Waals surface area contributed by atoms with Crippen molar-refractivity contribution in [3.63, 3.8) is 0 Å². The highest BCUT2D eigenvalue weighted by Crippen LogP contribution is 2.34. The number of carboxylic acid groups (broad SMARTS) is 1. The van der Waals surface area contributed by atoms with E-state index < -0.39 is 35.4 Å². The van der Waals surface area contributed by atoms with Crippen LogP contribution in [0.3, 0.4) is 0 Å². The quantitative estimate of drug-likeness (QED) is 0.271. The lowest BCUT2D eigenvalue weighted by Crippen LogP contribution is -2.56. The van der Waals surface area contributed by atoms with Crippen molar-refractivity contribution in [3.05, 3.63) is 66.5 Å². The minimum Gasteiger partial charge on any atom is -0.479 e. The van der Waals surface area contributed by atoms with E-state index >= 15 is 0 Å². The zero-order valence-corrected chi connectivity index (χ0v) is 23.4. The molecule has 0 radical (unpaired) electrons. The summed E-state index contributed by atoms with van der Waals surface area (Å²) in [5, 5.41) is 13.8. The van der Waals surface area contributed by atoms with Crippen LogP contribution in [-0.4, -0.2) is 50.7 Å². The second kappa shape index (κ2) is 11.3. The Morgan fingerprint density at radius 2 is 1.53 bits per heavy atom. The molecule has 1 N–H and O–H groups in total. The highest BCUT2D eigenvalue weighted by atomic mass is 32.2. The fourth-order valence-electron chi connectivity index (χ4n) is 3.65. The van der Waals surface area contributed by atoms with E-state index in [1.807, 2.05) is 12.3 Å². The normalized spacial score (nSPS) is 12.5. The Bertz CT molecular complexity index is 1300. The smallest absolute Gasteiger partial charge is 0.439 e. The van der Waals surface area contributed by atoms with Crippen molar-refractivity contribution in [2.24, 2.45) is 0 Å². The van der Waals surface area contributed by atoms with Gasteiger partial charge in [0.2, 0.25) is 0 Å². The molecule has 1 aromatic heterocycles. The second-order valence-corrected chi connectivity index (χ2v) is 11.4. The molecule has 0 aliphatic carbocycles. The summed E-state index contributed by atoms with van der Waals surface area (Å²) in [7, 11) is 0. The Kier molecular flexibility index (Phi) is 8.56. The number of benzene rings is 2. The van der Waals surface area contributed by atoms with Crippen LogP contribution in [0.15, 0.2) is 65.8 Å². The first-order valence-electron chi connectivity index (χ1n) is 12.0. The van der Waals surface area contributed by atoms with Crippen molar-refractivity contribution >= 4 is 46.4 Å². The Hall–Kier alpha value is -3.79. The molecule has 1 heterocycles. The van der Waals surface area contributed by atoms with E-state index in [0.717, 1.165) is 20.7 Å². The van der Waals surface area contributed by atoms with Gasteiger partial charge in [0.1, 0.15) is 11.2 Å². The average Bonchev–Trinajstić information content (AvgIpc) is 2.81. The lowest BCUT2D eigenvalue weighted by molar-refractivity contribution is -0.139. The first-order valence-corrected chi connectivity index (χ1v) is 13.2. The number of rotatable bonds is 6. The topological polar surface area (TPSA) is 109 Å². The summed E-state index contributed by atoms with van der Waals surface area (Å²) in [5.74, 6) is -1.28. The minimum absolute atomic E-state index is 0.266. The molecule has 38 heavy (non-hydrogen) atoms. The largest absolute Gasteiger partial charge is 0.479 e. The molecule has 0 aliphatic heterocycles. The van der Waals surface area contributed by atoms with Crippen molar-refractivity contribution in [3.8, 4) is 0 Å². The molecule has 202 valence electrons. The predicted octanol–water partition coefficient (Wildman–Crippen LogP) is 6.68. The number of anilines is 1. The molecule has 0 aliphatic rings. The maximum absolute atomic E-state index is 13.6. The number of ether oxygens (including phenoxy) is 2. The maximum atomic E-state index is 13.6. The zero-order chi connectivity index (χ0) is 28.3. The summed E-state index contributed by atoms with van der Waals surface area (Å²) < 4.78 is 11.1. The van der Waals surface area contributed by atoms with Crippen LogP contribution in [0.2, 0.25) is 0 Å². The van der Waals surface area contributed by atoms with Gasteiger partial charge in [-0.05, 0) is 89.1 Å². The highest BCUT2D eigenvalue weighted by molar-refractivity contribution is 7.98. The Morgan fingerprint density at radius 1 is 0.895 bits per heavy atom. The molecule has 2 aromatic carbocycles. The first kappa shape index (κ1) is 28.8. The third kappa shape index (κ3) is 7.16. The van der Waals surface area contributed by atoms with Crippen molar-refractivity contribution in [2.75, 3.05) is 11.3 Å². The standard InChI is InChI=1S/C28H33N3O6S/c1-27(2,3)36-25(34)31(26(35)37-28(4,5)6)30(21-12-11-20-17-29-14-13-18(20)15-21)23(24(32)33)19-9-8-10-22(16-19)38-7/h8-17,23H,1-7H3,(H,32,33). The number of amides is 2. The number of fused-ring (bicyclic) bond motifs is 1. The number of thioether (sulfide) groups is 1. The Labute approximate surface area is 226 Å². The summed E-state index contributed by atoms with van der Waals surface area (Å²) in [6.07, 6.45) is 2.99. The number of imide groups is 1. The van der Waals surface area contributed by atoms with E-state index in [1.165, 1.54) is 11.8 Å². The lowest BCUT2D eigenvalue weighted by atomic mass is 10.0. The summed E-state index contributed by atoms with van der Waals surface area (Å²) >= 11 is 1.44. The van der Waals surface area contributed by atoms with Crippen LogP contribution in [0.25, 0.3) is 10.8 Å². The van der Waals surface area contributed by atoms with Crippen molar-refractivity contribution in [2.45, 2.75) is 63.7 Å². The van der Waals surface area contributed by atoms with Crippen LogP contribution >= 0.6 is 11.8 Å². The summed E-state index contributed by atoms with van der Waals surface area (Å²) in [6.45, 7) is 9.93. The van der Waals surface area contributed by atoms with Gasteiger partial charge in [-0.2, -0.15) is 0 Å². The Balaban J connectivity index is 2.32. The average molecular weight is 540 g/mol. The minimum atomic E-state index is -1.48. The number of pyridine rings is 1. The fourth-order valence-corrected chi connectivity index (χ4v) is 4.12. The molecular formula is C28H33N3O6S. The lowest BCUT2D eigenvalue weighted by Gasteiger charge is -2.39. The number of hydrogen-bond acceptors (Lipinski definition) is 8. The molecule has 3 rings (SSSR count). The molecule has 1 unspecified atom stereocenters. The number of carbonyl (C=O) groups excluding carboxylic acids is 2. The van der Waals surface area contributed by atoms with Gasteiger partial charge in [-0.15, -0.1) is 16.8 Å². The number of hydrazine groups is 1.